The summed E-state index contributed by atoms with van der Waals surface area (Å²) in [7, 11) is 0. The molecule has 0 aliphatic carbocycles. The maximum absolute atomic E-state index is 12.4. The van der Waals surface area contributed by atoms with Gasteiger partial charge in [-0.25, -0.2) is 0 Å². The molecule has 0 saturated heterocycles. The maximum Gasteiger partial charge on any atom is 0.227 e. The van der Waals surface area contributed by atoms with E-state index in [-0.39, 0.29) is 22.8 Å². The predicted octanol–water partition coefficient (Wildman–Crippen LogP) is 1.97. The predicted molar refractivity (Wildman–Crippen MR) is 97.9 cm³/mol. The van der Waals surface area contributed by atoms with E-state index in [1.807, 2.05) is 46.5 Å². The summed E-state index contributed by atoms with van der Waals surface area (Å²) < 4.78 is 3.08. The van der Waals surface area contributed by atoms with Crippen LogP contribution < -0.4 is 21.5 Å². The van der Waals surface area contributed by atoms with Gasteiger partial charge < -0.3 is 17.0 Å². The van der Waals surface area contributed by atoms with Crippen molar-refractivity contribution in [2.24, 2.45) is 0 Å². The number of aromatic nitrogens is 1. The molecule has 0 radical (unpaired) electrons. The van der Waals surface area contributed by atoms with Crippen molar-refractivity contribution in [1.82, 2.24) is 0 Å². The van der Waals surface area contributed by atoms with E-state index in [1.54, 1.807) is 11.3 Å². The van der Waals surface area contributed by atoms with E-state index >= 15 is 0 Å². The topological polar surface area (TPSA) is 20.9 Å². The summed E-state index contributed by atoms with van der Waals surface area (Å²) in [6.07, 6.45) is 0. The van der Waals surface area contributed by atoms with E-state index in [2.05, 4.69) is 41.9 Å². The molecule has 3 aromatic rings. The van der Waals surface area contributed by atoms with Gasteiger partial charge in [0.05, 0.1) is 4.88 Å². The molecular formula is C19H17Br2NOS. The summed E-state index contributed by atoms with van der Waals surface area (Å²) in [6.45, 7) is 4.53. The minimum Gasteiger partial charge on any atom is -1.00 e. The number of ketones is 1. The molecule has 0 amide bonds. The lowest BCUT2D eigenvalue weighted by Gasteiger charge is -2.03. The first kappa shape index (κ1) is 19.0. The van der Waals surface area contributed by atoms with Gasteiger partial charge in [0, 0.05) is 17.0 Å². The Morgan fingerprint density at radius 1 is 1.00 bits per heavy atom. The highest BCUT2D eigenvalue weighted by Crippen LogP contribution is 2.22. The lowest BCUT2D eigenvalue weighted by atomic mass is 10.0. The largest absolute Gasteiger partial charge is 1.00 e. The number of thiazole rings is 1. The molecule has 0 atom stereocenters. The fraction of sp³-hybridized carbons (Fsp3) is 0.158. The quantitative estimate of drug-likeness (QED) is 0.425. The van der Waals surface area contributed by atoms with Crippen molar-refractivity contribution in [3.05, 3.63) is 74.6 Å². The van der Waals surface area contributed by atoms with E-state index in [0.29, 0.717) is 6.54 Å². The van der Waals surface area contributed by atoms with E-state index in [9.17, 15) is 4.79 Å². The number of hydrogen-bond donors (Lipinski definition) is 0. The molecule has 124 valence electrons. The molecule has 2 nitrogen and oxygen atoms in total. The van der Waals surface area contributed by atoms with Gasteiger partial charge in [-0.3, -0.25) is 4.79 Å². The average Bonchev–Trinajstić information content (AvgIpc) is 2.88. The van der Waals surface area contributed by atoms with Gasteiger partial charge in [0.1, 0.15) is 0 Å². The molecule has 0 aliphatic rings. The molecule has 1 aromatic heterocycles. The number of halogens is 2. The van der Waals surface area contributed by atoms with E-state index < -0.39 is 0 Å². The Balaban J connectivity index is 0.00000208. The molecule has 5 heteroatoms. The fourth-order valence-electron chi connectivity index (χ4n) is 2.40. The number of nitrogens with zero attached hydrogens (tertiary/aromatic N) is 1. The van der Waals surface area contributed by atoms with Crippen LogP contribution in [0.2, 0.25) is 0 Å². The highest BCUT2D eigenvalue weighted by atomic mass is 79.9. The molecule has 0 bridgehead atoms. The van der Waals surface area contributed by atoms with Gasteiger partial charge in [0.2, 0.25) is 17.8 Å². The molecule has 0 aliphatic heterocycles. The monoisotopic (exact) mass is 465 g/mol. The molecule has 0 unspecified atom stereocenters. The number of benzene rings is 2. The lowest BCUT2D eigenvalue weighted by molar-refractivity contribution is -0.684. The normalized spacial score (nSPS) is 10.3. The Labute approximate surface area is 165 Å². The number of Topliss-reactive ketones (excluding diaryl/α,β-unsaturated/α-hetero) is 1. The Kier molecular flexibility index (Phi) is 6.49. The third kappa shape index (κ3) is 4.21. The standard InChI is InChI=1S/C19H17BrNOS.BrH/c1-13-14(2)23-12-21(13)11-19(22)17-5-3-15(4-6-17)16-7-9-18(20)10-8-16;/h3-10,12H,11H2,1-2H3;1H/q+1;/p-1. The zero-order valence-corrected chi connectivity index (χ0v) is 17.4. The zero-order chi connectivity index (χ0) is 16.4. The van der Waals surface area contributed by atoms with Crippen molar-refractivity contribution >= 4 is 33.0 Å². The van der Waals surface area contributed by atoms with Crippen LogP contribution >= 0.6 is 27.3 Å². The van der Waals surface area contributed by atoms with E-state index in [1.165, 1.54) is 4.88 Å². The first-order valence-corrected chi connectivity index (χ1v) is 9.05. The number of aryl methyl sites for hydroxylation is 1. The van der Waals surface area contributed by atoms with Crippen molar-refractivity contribution in [2.45, 2.75) is 20.4 Å². The molecule has 2 aromatic carbocycles. The Morgan fingerprint density at radius 3 is 2.04 bits per heavy atom. The fourth-order valence-corrected chi connectivity index (χ4v) is 3.47. The molecule has 1 heterocycles. The number of rotatable bonds is 4. The third-order valence-electron chi connectivity index (χ3n) is 4.00. The number of hydrogen-bond acceptors (Lipinski definition) is 2. The van der Waals surface area contributed by atoms with Crippen LogP contribution in [-0.4, -0.2) is 5.78 Å². The summed E-state index contributed by atoms with van der Waals surface area (Å²) in [5.41, 5.74) is 6.19. The summed E-state index contributed by atoms with van der Waals surface area (Å²) in [5, 5.41) is 0. The lowest BCUT2D eigenvalue weighted by Crippen LogP contribution is -3.00. The minimum atomic E-state index is 0. The van der Waals surface area contributed by atoms with Crippen LogP contribution in [0.4, 0.5) is 0 Å². The summed E-state index contributed by atoms with van der Waals surface area (Å²) >= 11 is 5.12. The van der Waals surface area contributed by atoms with Crippen LogP contribution in [0.25, 0.3) is 11.1 Å². The van der Waals surface area contributed by atoms with Gasteiger partial charge in [0.25, 0.3) is 0 Å². The Morgan fingerprint density at radius 2 is 1.54 bits per heavy atom. The van der Waals surface area contributed by atoms with Gasteiger partial charge in [0.15, 0.2) is 5.69 Å². The molecular weight excluding hydrogens is 450 g/mol. The van der Waals surface area contributed by atoms with Crippen LogP contribution in [0, 0.1) is 13.8 Å². The van der Waals surface area contributed by atoms with E-state index in [0.717, 1.165) is 26.9 Å². The molecule has 3 rings (SSSR count). The Bertz CT molecular complexity index is 839. The average molecular weight is 467 g/mol. The van der Waals surface area contributed by atoms with Crippen LogP contribution in [-0.2, 0) is 6.54 Å². The van der Waals surface area contributed by atoms with Crippen molar-refractivity contribution < 1.29 is 26.3 Å². The first-order valence-electron chi connectivity index (χ1n) is 7.38. The molecule has 24 heavy (non-hydrogen) atoms. The third-order valence-corrected chi connectivity index (χ3v) is 5.53. The maximum atomic E-state index is 12.4. The number of carbonyl (C=O) groups is 1. The Hall–Kier alpha value is -1.30. The molecule has 0 N–H and O–H groups in total. The number of carbonyl (C=O) groups excluding carboxylic acids is 1. The van der Waals surface area contributed by atoms with Gasteiger partial charge >= 0.3 is 0 Å². The first-order chi connectivity index (χ1) is 11.0. The molecule has 0 saturated carbocycles. The van der Waals surface area contributed by atoms with Crippen molar-refractivity contribution in [2.75, 3.05) is 0 Å². The van der Waals surface area contributed by atoms with Crippen LogP contribution in [0.3, 0.4) is 0 Å². The van der Waals surface area contributed by atoms with E-state index in [4.69, 9.17) is 0 Å². The smallest absolute Gasteiger partial charge is 0.227 e. The second-order valence-corrected chi connectivity index (χ2v) is 7.47. The second-order valence-electron chi connectivity index (χ2n) is 5.50. The zero-order valence-electron chi connectivity index (χ0n) is 13.4. The van der Waals surface area contributed by atoms with Gasteiger partial charge in [-0.05, 0) is 30.2 Å². The summed E-state index contributed by atoms with van der Waals surface area (Å²) in [6, 6.07) is 16.0. The van der Waals surface area contributed by atoms with Crippen LogP contribution in [0.1, 0.15) is 20.9 Å². The van der Waals surface area contributed by atoms with Crippen molar-refractivity contribution in [3.63, 3.8) is 0 Å². The second kappa shape index (κ2) is 8.19. The van der Waals surface area contributed by atoms with Gasteiger partial charge in [-0.2, -0.15) is 4.57 Å². The summed E-state index contributed by atoms with van der Waals surface area (Å²) in [4.78, 5) is 13.7. The van der Waals surface area contributed by atoms with Gasteiger partial charge in [-0.15, -0.1) is 0 Å². The van der Waals surface area contributed by atoms with Crippen LogP contribution in [0.15, 0.2) is 58.5 Å². The SMILES string of the molecule is Cc1sc[n+](CC(=O)c2ccc(-c3ccc(Br)cc3)cc2)c1C.[Br-]. The van der Waals surface area contributed by atoms with Crippen LogP contribution in [0.5, 0.6) is 0 Å². The van der Waals surface area contributed by atoms with Crippen molar-refractivity contribution in [1.29, 1.82) is 0 Å². The molecule has 0 fully saturated rings. The van der Waals surface area contributed by atoms with Crippen molar-refractivity contribution in [3.8, 4) is 11.1 Å². The highest BCUT2D eigenvalue weighted by Gasteiger charge is 2.17. The summed E-state index contributed by atoms with van der Waals surface area (Å²) in [5.74, 6) is 0.137. The van der Waals surface area contributed by atoms with Gasteiger partial charge in [-0.1, -0.05) is 63.7 Å². The highest BCUT2D eigenvalue weighted by molar-refractivity contribution is 9.10. The molecule has 0 spiro atoms. The minimum absolute atomic E-state index is 0.